The second-order valence-corrected chi connectivity index (χ2v) is 7.26. The Labute approximate surface area is 151 Å². The number of hydrogen-bond acceptors (Lipinski definition) is 4. The average molecular weight is 350 g/mol. The van der Waals surface area contributed by atoms with Crippen molar-refractivity contribution in [2.24, 2.45) is 13.0 Å². The van der Waals surface area contributed by atoms with E-state index in [0.717, 1.165) is 40.2 Å². The summed E-state index contributed by atoms with van der Waals surface area (Å²) in [6.45, 7) is 1.47. The first kappa shape index (κ1) is 15.4. The zero-order chi connectivity index (χ0) is 17.7. The van der Waals surface area contributed by atoms with Gasteiger partial charge in [0, 0.05) is 42.0 Å². The van der Waals surface area contributed by atoms with Crippen LogP contribution in [0.4, 0.5) is 11.4 Å². The standard InChI is InChI=1S/C20H22N4O2/c1-24-9-15(13-5-6-21-19(13)20(24)25)14-7-16-17(23-11-22-16)8-18(14)26-10-12-3-2-4-12/h5-9,12,21-23H,2-4,10-11H2,1H3. The van der Waals surface area contributed by atoms with Crippen molar-refractivity contribution in [2.45, 2.75) is 19.3 Å². The molecule has 6 heteroatoms. The van der Waals surface area contributed by atoms with Crippen molar-refractivity contribution in [3.63, 3.8) is 0 Å². The predicted octanol–water partition coefficient (Wildman–Crippen LogP) is 3.51. The largest absolute Gasteiger partial charge is 0.493 e. The lowest BCUT2D eigenvalue weighted by Crippen LogP contribution is -2.19. The van der Waals surface area contributed by atoms with E-state index in [0.29, 0.717) is 18.1 Å². The van der Waals surface area contributed by atoms with Crippen LogP contribution in [0.1, 0.15) is 19.3 Å². The van der Waals surface area contributed by atoms with E-state index in [1.165, 1.54) is 19.3 Å². The molecule has 1 aromatic carbocycles. The molecule has 1 fully saturated rings. The van der Waals surface area contributed by atoms with Gasteiger partial charge in [0.25, 0.3) is 5.56 Å². The minimum atomic E-state index is -0.0216. The number of nitrogens with zero attached hydrogens (tertiary/aromatic N) is 1. The van der Waals surface area contributed by atoms with E-state index in [-0.39, 0.29) is 5.56 Å². The minimum Gasteiger partial charge on any atom is -0.493 e. The van der Waals surface area contributed by atoms with Crippen LogP contribution in [0, 0.1) is 5.92 Å². The molecule has 2 aliphatic rings. The molecule has 2 aromatic heterocycles. The quantitative estimate of drug-likeness (QED) is 0.673. The van der Waals surface area contributed by atoms with Gasteiger partial charge in [-0.3, -0.25) is 4.79 Å². The highest BCUT2D eigenvalue weighted by molar-refractivity contribution is 5.98. The normalized spacial score (nSPS) is 16.0. The van der Waals surface area contributed by atoms with Crippen molar-refractivity contribution in [2.75, 3.05) is 23.9 Å². The van der Waals surface area contributed by atoms with Crippen LogP contribution >= 0.6 is 0 Å². The van der Waals surface area contributed by atoms with Crippen molar-refractivity contribution >= 4 is 22.3 Å². The molecule has 3 aromatic rings. The molecule has 1 saturated carbocycles. The summed E-state index contributed by atoms with van der Waals surface area (Å²) in [4.78, 5) is 15.5. The number of aryl methyl sites for hydroxylation is 1. The van der Waals surface area contributed by atoms with Gasteiger partial charge in [-0.25, -0.2) is 0 Å². The van der Waals surface area contributed by atoms with Crippen LogP contribution in [0.25, 0.3) is 22.0 Å². The molecule has 5 rings (SSSR count). The van der Waals surface area contributed by atoms with Crippen LogP contribution in [0.15, 0.2) is 35.4 Å². The van der Waals surface area contributed by atoms with E-state index in [4.69, 9.17) is 4.74 Å². The van der Waals surface area contributed by atoms with Gasteiger partial charge in [0.05, 0.1) is 24.7 Å². The van der Waals surface area contributed by atoms with Gasteiger partial charge in [0.15, 0.2) is 0 Å². The number of aromatic amines is 1. The molecular formula is C20H22N4O2. The molecule has 0 unspecified atom stereocenters. The molecule has 0 bridgehead atoms. The van der Waals surface area contributed by atoms with Gasteiger partial charge in [-0.1, -0.05) is 6.42 Å². The van der Waals surface area contributed by atoms with Crippen molar-refractivity contribution in [3.05, 3.63) is 40.9 Å². The lowest BCUT2D eigenvalue weighted by atomic mass is 9.86. The zero-order valence-electron chi connectivity index (χ0n) is 14.8. The van der Waals surface area contributed by atoms with E-state index in [9.17, 15) is 4.79 Å². The summed E-state index contributed by atoms with van der Waals surface area (Å²) in [6, 6.07) is 6.16. The number of benzene rings is 1. The van der Waals surface area contributed by atoms with Gasteiger partial charge in [0.2, 0.25) is 0 Å². The molecule has 1 aliphatic heterocycles. The summed E-state index contributed by atoms with van der Waals surface area (Å²) >= 11 is 0. The van der Waals surface area contributed by atoms with Crippen LogP contribution in [0.2, 0.25) is 0 Å². The number of H-pyrrole nitrogens is 1. The molecule has 0 spiro atoms. The van der Waals surface area contributed by atoms with E-state index >= 15 is 0 Å². The first-order valence-electron chi connectivity index (χ1n) is 9.16. The molecule has 3 heterocycles. The monoisotopic (exact) mass is 350 g/mol. The Morgan fingerprint density at radius 3 is 2.77 bits per heavy atom. The Bertz CT molecular complexity index is 1050. The van der Waals surface area contributed by atoms with Crippen molar-refractivity contribution in [1.82, 2.24) is 9.55 Å². The highest BCUT2D eigenvalue weighted by Gasteiger charge is 2.22. The maximum absolute atomic E-state index is 12.4. The average Bonchev–Trinajstić information content (AvgIpc) is 3.25. The predicted molar refractivity (Wildman–Crippen MR) is 104 cm³/mol. The molecule has 1 aliphatic carbocycles. The smallest absolute Gasteiger partial charge is 0.274 e. The number of fused-ring (bicyclic) bond motifs is 2. The Balaban J connectivity index is 1.66. The molecular weight excluding hydrogens is 328 g/mol. The van der Waals surface area contributed by atoms with Gasteiger partial charge < -0.3 is 24.9 Å². The highest BCUT2D eigenvalue weighted by Crippen LogP contribution is 2.42. The third-order valence-corrected chi connectivity index (χ3v) is 5.56. The fourth-order valence-corrected chi connectivity index (χ4v) is 3.79. The number of pyridine rings is 1. The topological polar surface area (TPSA) is 71.1 Å². The first-order chi connectivity index (χ1) is 12.7. The number of anilines is 2. The number of nitrogens with one attached hydrogen (secondary N) is 3. The van der Waals surface area contributed by atoms with Gasteiger partial charge in [-0.15, -0.1) is 0 Å². The van der Waals surface area contributed by atoms with Crippen molar-refractivity contribution < 1.29 is 4.74 Å². The molecule has 6 nitrogen and oxygen atoms in total. The summed E-state index contributed by atoms with van der Waals surface area (Å²) in [5, 5.41) is 7.61. The molecule has 134 valence electrons. The maximum atomic E-state index is 12.4. The highest BCUT2D eigenvalue weighted by atomic mass is 16.5. The van der Waals surface area contributed by atoms with E-state index in [1.54, 1.807) is 11.6 Å². The fraction of sp³-hybridized carbons (Fsp3) is 0.350. The Morgan fingerprint density at radius 2 is 2.00 bits per heavy atom. The minimum absolute atomic E-state index is 0.0216. The van der Waals surface area contributed by atoms with Gasteiger partial charge in [-0.05, 0) is 30.9 Å². The number of hydrogen-bond donors (Lipinski definition) is 3. The van der Waals surface area contributed by atoms with Crippen molar-refractivity contribution in [3.8, 4) is 16.9 Å². The Kier molecular flexibility index (Phi) is 3.45. The van der Waals surface area contributed by atoms with Crippen LogP contribution in [-0.2, 0) is 7.05 Å². The molecule has 3 N–H and O–H groups in total. The number of ether oxygens (including phenoxy) is 1. The maximum Gasteiger partial charge on any atom is 0.274 e. The first-order valence-corrected chi connectivity index (χ1v) is 9.16. The van der Waals surface area contributed by atoms with Crippen molar-refractivity contribution in [1.29, 1.82) is 0 Å². The van der Waals surface area contributed by atoms with Crippen LogP contribution in [-0.4, -0.2) is 22.8 Å². The molecule has 26 heavy (non-hydrogen) atoms. The van der Waals surface area contributed by atoms with E-state index < -0.39 is 0 Å². The fourth-order valence-electron chi connectivity index (χ4n) is 3.79. The third-order valence-electron chi connectivity index (χ3n) is 5.56. The number of aromatic nitrogens is 2. The second kappa shape index (κ2) is 5.83. The lowest BCUT2D eigenvalue weighted by molar-refractivity contribution is 0.181. The SMILES string of the molecule is Cn1cc(-c2cc3c(cc2OCC2CCC2)NCN3)c2cc[nH]c2c1=O. The van der Waals surface area contributed by atoms with Crippen LogP contribution in [0.5, 0.6) is 5.75 Å². The van der Waals surface area contributed by atoms with E-state index in [2.05, 4.69) is 27.8 Å². The summed E-state index contributed by atoms with van der Waals surface area (Å²) in [5.41, 5.74) is 4.75. The van der Waals surface area contributed by atoms with Gasteiger partial charge in [-0.2, -0.15) is 0 Å². The van der Waals surface area contributed by atoms with Gasteiger partial charge in [0.1, 0.15) is 11.3 Å². The summed E-state index contributed by atoms with van der Waals surface area (Å²) < 4.78 is 7.88. The lowest BCUT2D eigenvalue weighted by Gasteiger charge is -2.26. The third kappa shape index (κ3) is 2.36. The summed E-state index contributed by atoms with van der Waals surface area (Å²) in [6.07, 6.45) is 7.53. The molecule has 0 amide bonds. The Hall–Kier alpha value is -2.89. The zero-order valence-corrected chi connectivity index (χ0v) is 14.8. The van der Waals surface area contributed by atoms with Gasteiger partial charge >= 0.3 is 0 Å². The van der Waals surface area contributed by atoms with Crippen LogP contribution in [0.3, 0.4) is 0 Å². The Morgan fingerprint density at radius 1 is 1.19 bits per heavy atom. The molecule has 0 saturated heterocycles. The van der Waals surface area contributed by atoms with E-state index in [1.807, 2.05) is 18.5 Å². The summed E-state index contributed by atoms with van der Waals surface area (Å²) in [5.74, 6) is 1.53. The number of rotatable bonds is 4. The second-order valence-electron chi connectivity index (χ2n) is 7.26. The molecule has 0 atom stereocenters. The molecule has 0 radical (unpaired) electrons. The van der Waals surface area contributed by atoms with Crippen LogP contribution < -0.4 is 20.9 Å². The summed E-state index contributed by atoms with van der Waals surface area (Å²) in [7, 11) is 1.79.